The summed E-state index contributed by atoms with van der Waals surface area (Å²) in [6, 6.07) is 6.14. The van der Waals surface area contributed by atoms with E-state index < -0.39 is 0 Å². The van der Waals surface area contributed by atoms with E-state index in [2.05, 4.69) is 28.1 Å². The molecule has 1 aliphatic rings. The number of rotatable bonds is 6. The van der Waals surface area contributed by atoms with Crippen LogP contribution < -0.4 is 4.74 Å². The summed E-state index contributed by atoms with van der Waals surface area (Å²) >= 11 is 10.1. The van der Waals surface area contributed by atoms with Gasteiger partial charge in [0.1, 0.15) is 12.4 Å². The smallest absolute Gasteiger partial charge is 0.133 e. The Labute approximate surface area is 128 Å². The Morgan fingerprint density at radius 2 is 2.05 bits per heavy atom. The fourth-order valence-corrected chi connectivity index (χ4v) is 3.46. The predicted molar refractivity (Wildman–Crippen MR) is 82.1 cm³/mol. The highest BCUT2D eigenvalue weighted by Gasteiger charge is 2.24. The molecule has 0 saturated heterocycles. The highest BCUT2D eigenvalue weighted by molar-refractivity contribution is 9.10. The lowest BCUT2D eigenvalue weighted by molar-refractivity contribution is 0.146. The lowest BCUT2D eigenvalue weighted by Gasteiger charge is -2.18. The molecule has 0 heterocycles. The molecule has 0 N–H and O–H groups in total. The minimum atomic E-state index is 0.117. The molecule has 0 radical (unpaired) electrons. The third kappa shape index (κ3) is 4.11. The molecule has 0 aromatic heterocycles. The molecule has 2 rings (SSSR count). The van der Waals surface area contributed by atoms with Gasteiger partial charge in [0.05, 0.1) is 16.5 Å². The molecule has 1 saturated carbocycles. The SMILES string of the molecule is COCCOc1ccc(C(Cl)C2CCCC2)cc1Br. The fraction of sp³-hybridized carbons (Fsp3) is 0.600. The van der Waals surface area contributed by atoms with Gasteiger partial charge in [-0.25, -0.2) is 0 Å². The molecule has 2 nitrogen and oxygen atoms in total. The van der Waals surface area contributed by atoms with Crippen molar-refractivity contribution in [3.63, 3.8) is 0 Å². The zero-order valence-electron chi connectivity index (χ0n) is 11.2. The Morgan fingerprint density at radius 3 is 2.68 bits per heavy atom. The first-order valence-corrected chi connectivity index (χ1v) is 8.00. The first-order chi connectivity index (χ1) is 9.22. The topological polar surface area (TPSA) is 18.5 Å². The van der Waals surface area contributed by atoms with Gasteiger partial charge in [-0.15, -0.1) is 11.6 Å². The van der Waals surface area contributed by atoms with Crippen molar-refractivity contribution in [2.45, 2.75) is 31.1 Å². The summed E-state index contributed by atoms with van der Waals surface area (Å²) in [5.41, 5.74) is 1.18. The zero-order valence-corrected chi connectivity index (χ0v) is 13.5. The lowest BCUT2D eigenvalue weighted by atomic mass is 9.97. The molecule has 1 aromatic rings. The van der Waals surface area contributed by atoms with E-state index in [0.717, 1.165) is 10.2 Å². The predicted octanol–water partition coefficient (Wildman–Crippen LogP) is 4.94. The lowest BCUT2D eigenvalue weighted by Crippen LogP contribution is -2.06. The molecular formula is C15H20BrClO2. The maximum atomic E-state index is 6.58. The van der Waals surface area contributed by atoms with Crippen molar-refractivity contribution in [1.29, 1.82) is 0 Å². The van der Waals surface area contributed by atoms with Crippen LogP contribution >= 0.6 is 27.5 Å². The van der Waals surface area contributed by atoms with E-state index >= 15 is 0 Å². The highest BCUT2D eigenvalue weighted by atomic mass is 79.9. The average Bonchev–Trinajstić information content (AvgIpc) is 2.94. The first-order valence-electron chi connectivity index (χ1n) is 6.77. The molecule has 0 amide bonds. The van der Waals surface area contributed by atoms with Gasteiger partial charge >= 0.3 is 0 Å². The Bertz CT molecular complexity index is 405. The Hall–Kier alpha value is -0.250. The van der Waals surface area contributed by atoms with E-state index in [0.29, 0.717) is 19.1 Å². The van der Waals surface area contributed by atoms with E-state index in [4.69, 9.17) is 21.1 Å². The van der Waals surface area contributed by atoms with Gasteiger partial charge in [-0.1, -0.05) is 18.9 Å². The number of halogens is 2. The summed E-state index contributed by atoms with van der Waals surface area (Å²) in [6.45, 7) is 1.15. The number of alkyl halides is 1. The molecular weight excluding hydrogens is 328 g/mol. The summed E-state index contributed by atoms with van der Waals surface area (Å²) in [5.74, 6) is 1.46. The second-order valence-corrected chi connectivity index (χ2v) is 6.30. The molecule has 106 valence electrons. The molecule has 1 fully saturated rings. The van der Waals surface area contributed by atoms with Crippen molar-refractivity contribution >= 4 is 27.5 Å². The molecule has 0 spiro atoms. The quantitative estimate of drug-likeness (QED) is 0.536. The maximum Gasteiger partial charge on any atom is 0.133 e. The normalized spacial score (nSPS) is 17.6. The maximum absolute atomic E-state index is 6.58. The average molecular weight is 348 g/mol. The van der Waals surface area contributed by atoms with Crippen molar-refractivity contribution in [2.24, 2.45) is 5.92 Å². The van der Waals surface area contributed by atoms with Crippen LogP contribution in [0.1, 0.15) is 36.6 Å². The van der Waals surface area contributed by atoms with E-state index in [9.17, 15) is 0 Å². The second-order valence-electron chi connectivity index (χ2n) is 4.98. The van der Waals surface area contributed by atoms with E-state index in [-0.39, 0.29) is 5.38 Å². The minimum absolute atomic E-state index is 0.117. The monoisotopic (exact) mass is 346 g/mol. The van der Waals surface area contributed by atoms with Crippen LogP contribution in [0.3, 0.4) is 0 Å². The molecule has 0 aliphatic heterocycles. The Morgan fingerprint density at radius 1 is 1.32 bits per heavy atom. The third-order valence-corrected chi connectivity index (χ3v) is 4.86. The van der Waals surface area contributed by atoms with Crippen LogP contribution in [-0.2, 0) is 4.74 Å². The van der Waals surface area contributed by atoms with Gasteiger partial charge in [-0.05, 0) is 52.4 Å². The number of methoxy groups -OCH3 is 1. The van der Waals surface area contributed by atoms with Crippen molar-refractivity contribution in [3.8, 4) is 5.75 Å². The molecule has 1 aromatic carbocycles. The van der Waals surface area contributed by atoms with E-state index in [1.807, 2.05) is 6.07 Å². The molecule has 0 bridgehead atoms. The van der Waals surface area contributed by atoms with Gasteiger partial charge in [0.25, 0.3) is 0 Å². The van der Waals surface area contributed by atoms with Crippen LogP contribution in [0.4, 0.5) is 0 Å². The molecule has 1 atom stereocenters. The summed E-state index contributed by atoms with van der Waals surface area (Å²) in [5, 5.41) is 0.117. The van der Waals surface area contributed by atoms with Gasteiger partial charge in [-0.2, -0.15) is 0 Å². The zero-order chi connectivity index (χ0) is 13.7. The number of hydrogen-bond donors (Lipinski definition) is 0. The van der Waals surface area contributed by atoms with Crippen LogP contribution in [0.15, 0.2) is 22.7 Å². The Balaban J connectivity index is 2.00. The van der Waals surface area contributed by atoms with Crippen molar-refractivity contribution in [1.82, 2.24) is 0 Å². The molecule has 1 unspecified atom stereocenters. The standard InChI is InChI=1S/C15H20BrClO2/c1-18-8-9-19-14-7-6-12(10-13(14)16)15(17)11-4-2-3-5-11/h6-7,10-11,15H,2-5,8-9H2,1H3. The van der Waals surface area contributed by atoms with Gasteiger partial charge in [0, 0.05) is 7.11 Å². The summed E-state index contributed by atoms with van der Waals surface area (Å²) < 4.78 is 11.6. The van der Waals surface area contributed by atoms with Crippen molar-refractivity contribution in [3.05, 3.63) is 28.2 Å². The Kier molecular flexibility index (Phi) is 5.99. The number of ether oxygens (including phenoxy) is 2. The number of benzene rings is 1. The molecule has 19 heavy (non-hydrogen) atoms. The van der Waals surface area contributed by atoms with Crippen molar-refractivity contribution < 1.29 is 9.47 Å². The van der Waals surface area contributed by atoms with Crippen LogP contribution in [0, 0.1) is 5.92 Å². The van der Waals surface area contributed by atoms with Gasteiger partial charge in [0.2, 0.25) is 0 Å². The summed E-state index contributed by atoms with van der Waals surface area (Å²) in [4.78, 5) is 0. The second kappa shape index (κ2) is 7.51. The van der Waals surface area contributed by atoms with Crippen LogP contribution in [0.25, 0.3) is 0 Å². The number of hydrogen-bond acceptors (Lipinski definition) is 2. The van der Waals surface area contributed by atoms with Crippen LogP contribution in [0.2, 0.25) is 0 Å². The highest BCUT2D eigenvalue weighted by Crippen LogP contribution is 2.41. The van der Waals surface area contributed by atoms with Gasteiger partial charge in [0.15, 0.2) is 0 Å². The minimum Gasteiger partial charge on any atom is -0.490 e. The van der Waals surface area contributed by atoms with E-state index in [1.165, 1.54) is 31.2 Å². The van der Waals surface area contributed by atoms with Gasteiger partial charge in [-0.3, -0.25) is 0 Å². The molecule has 1 aliphatic carbocycles. The van der Waals surface area contributed by atoms with Crippen LogP contribution in [-0.4, -0.2) is 20.3 Å². The summed E-state index contributed by atoms with van der Waals surface area (Å²) in [7, 11) is 1.67. The summed E-state index contributed by atoms with van der Waals surface area (Å²) in [6.07, 6.45) is 5.12. The van der Waals surface area contributed by atoms with Crippen LogP contribution in [0.5, 0.6) is 5.75 Å². The van der Waals surface area contributed by atoms with Crippen molar-refractivity contribution in [2.75, 3.05) is 20.3 Å². The fourth-order valence-electron chi connectivity index (χ4n) is 2.56. The molecule has 4 heteroatoms. The third-order valence-electron chi connectivity index (χ3n) is 3.63. The van der Waals surface area contributed by atoms with Gasteiger partial charge < -0.3 is 9.47 Å². The largest absolute Gasteiger partial charge is 0.490 e. The van der Waals surface area contributed by atoms with E-state index in [1.54, 1.807) is 7.11 Å². The first kappa shape index (κ1) is 15.1.